The van der Waals surface area contributed by atoms with Crippen molar-refractivity contribution in [2.24, 2.45) is 11.8 Å². The fraction of sp³-hybridized carbons (Fsp3) is 0.368. The number of benzene rings is 1. The van der Waals surface area contributed by atoms with Crippen molar-refractivity contribution < 1.29 is 33.3 Å². The van der Waals surface area contributed by atoms with Crippen molar-refractivity contribution in [1.29, 1.82) is 0 Å². The van der Waals surface area contributed by atoms with Gasteiger partial charge in [0.05, 0.1) is 12.0 Å². The predicted molar refractivity (Wildman–Crippen MR) is 88.2 cm³/mol. The first kappa shape index (κ1) is 18.1. The summed E-state index contributed by atoms with van der Waals surface area (Å²) < 4.78 is 32.9. The Morgan fingerprint density at radius 3 is 2.65 bits per heavy atom. The Morgan fingerprint density at radius 2 is 1.92 bits per heavy atom. The van der Waals surface area contributed by atoms with Gasteiger partial charge < -0.3 is 14.9 Å². The second kappa shape index (κ2) is 6.55. The lowest BCUT2D eigenvalue weighted by Crippen LogP contribution is -2.19. The molecule has 0 amide bonds. The first-order valence-electron chi connectivity index (χ1n) is 8.21. The van der Waals surface area contributed by atoms with Gasteiger partial charge in [-0.25, -0.2) is 13.6 Å². The van der Waals surface area contributed by atoms with Crippen LogP contribution in [-0.2, 0) is 16.0 Å². The van der Waals surface area contributed by atoms with E-state index in [-0.39, 0.29) is 29.7 Å². The summed E-state index contributed by atoms with van der Waals surface area (Å²) in [5, 5.41) is 19.6. The maximum absolute atomic E-state index is 13.8. The zero-order valence-corrected chi connectivity index (χ0v) is 14.0. The molecule has 3 rings (SSSR count). The van der Waals surface area contributed by atoms with Crippen molar-refractivity contribution in [3.8, 4) is 11.5 Å². The van der Waals surface area contributed by atoms with E-state index in [9.17, 15) is 28.6 Å². The highest BCUT2D eigenvalue weighted by Crippen LogP contribution is 2.58. The Bertz CT molecular complexity index is 812. The number of rotatable bonds is 0. The van der Waals surface area contributed by atoms with Crippen LogP contribution in [0.2, 0.25) is 0 Å². The second-order valence-electron chi connectivity index (χ2n) is 6.64. The molecule has 1 fully saturated rings. The molecule has 0 bridgehead atoms. The monoisotopic (exact) mass is 364 g/mol. The summed E-state index contributed by atoms with van der Waals surface area (Å²) in [6.45, 7) is 1.50. The summed E-state index contributed by atoms with van der Waals surface area (Å²) in [6.07, 6.45) is 4.23. The molecule has 1 aromatic rings. The quantitative estimate of drug-likeness (QED) is 0.691. The molecule has 26 heavy (non-hydrogen) atoms. The van der Waals surface area contributed by atoms with Crippen LogP contribution < -0.4 is 0 Å². The fourth-order valence-electron chi connectivity index (χ4n) is 3.27. The number of cyclic esters (lactones) is 1. The van der Waals surface area contributed by atoms with E-state index in [4.69, 9.17) is 4.74 Å². The lowest BCUT2D eigenvalue weighted by Gasteiger charge is -2.16. The highest BCUT2D eigenvalue weighted by Gasteiger charge is 2.66. The van der Waals surface area contributed by atoms with Crippen LogP contribution in [0.4, 0.5) is 8.78 Å². The van der Waals surface area contributed by atoms with Gasteiger partial charge in [-0.2, -0.15) is 0 Å². The third-order valence-corrected chi connectivity index (χ3v) is 4.62. The van der Waals surface area contributed by atoms with Crippen LogP contribution in [0.25, 0.3) is 0 Å². The summed E-state index contributed by atoms with van der Waals surface area (Å²) in [5.74, 6) is -6.95. The smallest absolute Gasteiger partial charge is 0.342 e. The molecular weight excluding hydrogens is 346 g/mol. The van der Waals surface area contributed by atoms with Crippen LogP contribution >= 0.6 is 0 Å². The SMILES string of the molecule is C[C@@H]1C[C@@H]2[C@@H](/C=C\C=C\C(=O)Cc3cc(O)cc(O)c3C(=O)O1)C2(F)F. The average molecular weight is 364 g/mol. The minimum atomic E-state index is -2.87. The van der Waals surface area contributed by atoms with Crippen molar-refractivity contribution in [2.45, 2.75) is 31.8 Å². The van der Waals surface area contributed by atoms with Crippen LogP contribution in [0.1, 0.15) is 29.3 Å². The van der Waals surface area contributed by atoms with Gasteiger partial charge in [-0.15, -0.1) is 0 Å². The molecule has 1 aliphatic carbocycles. The number of allylic oxidation sites excluding steroid dienone is 4. The van der Waals surface area contributed by atoms with Gasteiger partial charge in [0, 0.05) is 18.4 Å². The Balaban J connectivity index is 1.97. The summed E-state index contributed by atoms with van der Waals surface area (Å²) in [7, 11) is 0. The molecule has 0 aromatic heterocycles. The summed E-state index contributed by atoms with van der Waals surface area (Å²) in [6, 6.07) is 2.15. The Labute approximate surface area is 148 Å². The van der Waals surface area contributed by atoms with Gasteiger partial charge in [0.15, 0.2) is 5.78 Å². The number of carbonyl (C=O) groups is 2. The molecule has 2 aliphatic rings. The minimum absolute atomic E-state index is 0.0232. The number of halogens is 2. The lowest BCUT2D eigenvalue weighted by molar-refractivity contribution is -0.114. The molecule has 0 unspecified atom stereocenters. The largest absolute Gasteiger partial charge is 0.508 e. The molecule has 1 heterocycles. The number of hydrogen-bond acceptors (Lipinski definition) is 5. The third kappa shape index (κ3) is 3.47. The number of fused-ring (bicyclic) bond motifs is 2. The van der Waals surface area contributed by atoms with Gasteiger partial charge in [0.25, 0.3) is 5.92 Å². The van der Waals surface area contributed by atoms with Gasteiger partial charge >= 0.3 is 5.97 Å². The average Bonchev–Trinajstić information content (AvgIpc) is 3.01. The molecule has 5 nitrogen and oxygen atoms in total. The number of phenolic OH excluding ortho intramolecular Hbond substituents is 2. The summed E-state index contributed by atoms with van der Waals surface area (Å²) in [4.78, 5) is 24.5. The molecule has 3 atom stereocenters. The molecule has 138 valence electrons. The normalized spacial score (nSPS) is 30.3. The van der Waals surface area contributed by atoms with Crippen LogP contribution in [0.15, 0.2) is 36.4 Å². The number of alkyl halides is 2. The molecule has 0 saturated heterocycles. The maximum atomic E-state index is 13.8. The van der Waals surface area contributed by atoms with Gasteiger partial charge in [0.1, 0.15) is 17.1 Å². The number of hydrogen-bond donors (Lipinski definition) is 2. The van der Waals surface area contributed by atoms with E-state index in [1.807, 2.05) is 0 Å². The van der Waals surface area contributed by atoms with E-state index < -0.39 is 41.4 Å². The van der Waals surface area contributed by atoms with Gasteiger partial charge in [-0.1, -0.05) is 18.2 Å². The van der Waals surface area contributed by atoms with Crippen LogP contribution in [0, 0.1) is 11.8 Å². The van der Waals surface area contributed by atoms with E-state index in [1.165, 1.54) is 37.3 Å². The topological polar surface area (TPSA) is 83.8 Å². The number of esters is 1. The molecule has 1 aromatic carbocycles. The van der Waals surface area contributed by atoms with E-state index in [0.717, 1.165) is 6.07 Å². The standard InChI is InChI=1S/C19H18F2O5/c1-10-6-15-14(19(15,20)21)5-3-2-4-12(22)7-11-8-13(23)9-16(24)17(11)18(25)26-10/h2-5,8-10,14-15,23-24H,6-7H2,1H3/b4-2+,5-3-/t10-,14-,15-/m1/s1. The number of ketones is 1. The molecule has 1 saturated carbocycles. The molecule has 0 spiro atoms. The molecule has 1 aliphatic heterocycles. The third-order valence-electron chi connectivity index (χ3n) is 4.62. The van der Waals surface area contributed by atoms with E-state index in [1.54, 1.807) is 0 Å². The Kier molecular flexibility index (Phi) is 4.56. The second-order valence-corrected chi connectivity index (χ2v) is 6.64. The van der Waals surface area contributed by atoms with Crippen molar-refractivity contribution in [3.05, 3.63) is 47.6 Å². The summed E-state index contributed by atoms with van der Waals surface area (Å²) in [5.41, 5.74) is -0.145. The van der Waals surface area contributed by atoms with Crippen molar-refractivity contribution in [1.82, 2.24) is 0 Å². The zero-order chi connectivity index (χ0) is 19.1. The highest BCUT2D eigenvalue weighted by molar-refractivity contribution is 5.98. The van der Waals surface area contributed by atoms with E-state index in [0.29, 0.717) is 0 Å². The Morgan fingerprint density at radius 1 is 1.19 bits per heavy atom. The van der Waals surface area contributed by atoms with E-state index in [2.05, 4.69) is 0 Å². The number of aromatic hydroxyl groups is 2. The minimum Gasteiger partial charge on any atom is -0.508 e. The lowest BCUT2D eigenvalue weighted by atomic mass is 10.00. The maximum Gasteiger partial charge on any atom is 0.342 e. The first-order valence-corrected chi connectivity index (χ1v) is 8.21. The fourth-order valence-corrected chi connectivity index (χ4v) is 3.27. The number of phenols is 2. The van der Waals surface area contributed by atoms with Crippen molar-refractivity contribution in [3.63, 3.8) is 0 Å². The predicted octanol–water partition coefficient (Wildman–Crippen LogP) is 3.15. The van der Waals surface area contributed by atoms with Crippen LogP contribution in [-0.4, -0.2) is 34.0 Å². The molecule has 2 N–H and O–H groups in total. The van der Waals surface area contributed by atoms with Crippen LogP contribution in [0.5, 0.6) is 11.5 Å². The van der Waals surface area contributed by atoms with Gasteiger partial charge in [-0.3, -0.25) is 4.79 Å². The van der Waals surface area contributed by atoms with Gasteiger partial charge in [0.2, 0.25) is 0 Å². The highest BCUT2D eigenvalue weighted by atomic mass is 19.3. The summed E-state index contributed by atoms with van der Waals surface area (Å²) >= 11 is 0. The van der Waals surface area contributed by atoms with Crippen molar-refractivity contribution in [2.75, 3.05) is 0 Å². The Hall–Kier alpha value is -2.70. The van der Waals surface area contributed by atoms with E-state index >= 15 is 0 Å². The zero-order valence-electron chi connectivity index (χ0n) is 14.0. The first-order chi connectivity index (χ1) is 12.2. The molecular formula is C19H18F2O5. The molecule has 0 radical (unpaired) electrons. The van der Waals surface area contributed by atoms with Gasteiger partial charge in [-0.05, 0) is 31.1 Å². The number of ether oxygens (including phenoxy) is 1. The van der Waals surface area contributed by atoms with Crippen LogP contribution in [0.3, 0.4) is 0 Å². The number of carbonyl (C=O) groups excluding carboxylic acids is 2. The van der Waals surface area contributed by atoms with Crippen molar-refractivity contribution >= 4 is 11.8 Å². The molecule has 7 heteroatoms.